The topological polar surface area (TPSA) is 41.9 Å². The largest absolute Gasteiger partial charge is 0.376 e. The molecule has 2 aliphatic heterocycles. The van der Waals surface area contributed by atoms with Crippen LogP contribution < -0.4 is 0 Å². The molecule has 1 fully saturated rings. The predicted octanol–water partition coefficient (Wildman–Crippen LogP) is 2.07. The Morgan fingerprint density at radius 2 is 2.11 bits per heavy atom. The third kappa shape index (κ3) is 2.16. The van der Waals surface area contributed by atoms with Gasteiger partial charge in [0.05, 0.1) is 6.54 Å². The van der Waals surface area contributed by atoms with Crippen molar-refractivity contribution in [1.29, 1.82) is 0 Å². The first-order valence-corrected chi connectivity index (χ1v) is 6.41. The number of fused-ring (bicyclic) bond motifs is 1. The summed E-state index contributed by atoms with van der Waals surface area (Å²) in [6.45, 7) is 1.60. The van der Waals surface area contributed by atoms with E-state index < -0.39 is 0 Å². The zero-order chi connectivity index (χ0) is 12.4. The van der Waals surface area contributed by atoms with Crippen molar-refractivity contribution in [2.24, 2.45) is 5.16 Å². The molecule has 2 aliphatic rings. The fourth-order valence-corrected chi connectivity index (χ4v) is 2.48. The Balaban J connectivity index is 1.77. The van der Waals surface area contributed by atoms with E-state index in [2.05, 4.69) is 10.1 Å². The second-order valence-corrected chi connectivity index (χ2v) is 4.76. The molecule has 1 saturated heterocycles. The van der Waals surface area contributed by atoms with E-state index in [1.807, 2.05) is 30.3 Å². The van der Waals surface area contributed by atoms with Gasteiger partial charge in [-0.15, -0.1) is 0 Å². The molecule has 4 heteroatoms. The minimum atomic E-state index is -0.0281. The Labute approximate surface area is 106 Å². The van der Waals surface area contributed by atoms with Gasteiger partial charge in [0, 0.05) is 18.5 Å². The fraction of sp³-hybridized carbons (Fsp3) is 0.429. The molecule has 0 aromatic heterocycles. The van der Waals surface area contributed by atoms with Gasteiger partial charge in [0.2, 0.25) is 5.78 Å². The number of ketones is 1. The molecule has 0 amide bonds. The van der Waals surface area contributed by atoms with Crippen LogP contribution in [-0.4, -0.2) is 35.7 Å². The van der Waals surface area contributed by atoms with Gasteiger partial charge in [-0.05, 0) is 12.8 Å². The molecule has 94 valence electrons. The summed E-state index contributed by atoms with van der Waals surface area (Å²) in [4.78, 5) is 19.9. The van der Waals surface area contributed by atoms with Crippen LogP contribution in [0.2, 0.25) is 0 Å². The number of hydrogen-bond donors (Lipinski definition) is 0. The zero-order valence-electron chi connectivity index (χ0n) is 10.2. The van der Waals surface area contributed by atoms with Gasteiger partial charge in [-0.2, -0.15) is 0 Å². The van der Waals surface area contributed by atoms with E-state index in [9.17, 15) is 4.79 Å². The van der Waals surface area contributed by atoms with E-state index in [4.69, 9.17) is 4.84 Å². The average Bonchev–Trinajstić information content (AvgIpc) is 2.47. The number of rotatable bonds is 2. The highest BCUT2D eigenvalue weighted by Gasteiger charge is 2.31. The Hall–Kier alpha value is -1.68. The van der Waals surface area contributed by atoms with Gasteiger partial charge in [-0.3, -0.25) is 9.69 Å². The van der Waals surface area contributed by atoms with E-state index >= 15 is 0 Å². The third-order valence-electron chi connectivity index (χ3n) is 3.49. The Morgan fingerprint density at radius 3 is 2.94 bits per heavy atom. The summed E-state index contributed by atoms with van der Waals surface area (Å²) in [7, 11) is 0. The second kappa shape index (κ2) is 4.90. The lowest BCUT2D eigenvalue weighted by molar-refractivity contribution is -0.0835. The first-order valence-electron chi connectivity index (χ1n) is 6.41. The van der Waals surface area contributed by atoms with Crippen LogP contribution in [-0.2, 0) is 4.84 Å². The van der Waals surface area contributed by atoms with Crippen molar-refractivity contribution < 1.29 is 9.63 Å². The van der Waals surface area contributed by atoms with Gasteiger partial charge in [0.25, 0.3) is 0 Å². The van der Waals surface area contributed by atoms with Gasteiger partial charge < -0.3 is 4.84 Å². The first kappa shape index (κ1) is 11.4. The Kier molecular flexibility index (Phi) is 3.11. The summed E-state index contributed by atoms with van der Waals surface area (Å²) in [6, 6.07) is 9.25. The number of Topliss-reactive ketones (excluding diaryl/α,β-unsaturated/α-hetero) is 1. The van der Waals surface area contributed by atoms with Gasteiger partial charge in [-0.1, -0.05) is 35.5 Å². The van der Waals surface area contributed by atoms with Crippen LogP contribution in [0.25, 0.3) is 0 Å². The van der Waals surface area contributed by atoms with Crippen LogP contribution in [0, 0.1) is 0 Å². The molecule has 0 N–H and O–H groups in total. The molecule has 0 saturated carbocycles. The van der Waals surface area contributed by atoms with Crippen molar-refractivity contribution >= 4 is 11.5 Å². The average molecular weight is 244 g/mol. The second-order valence-electron chi connectivity index (χ2n) is 4.76. The first-order chi connectivity index (χ1) is 8.84. The van der Waals surface area contributed by atoms with Crippen molar-refractivity contribution in [2.45, 2.75) is 25.5 Å². The normalized spacial score (nSPS) is 23.8. The molecule has 0 spiro atoms. The Bertz CT molecular complexity index is 470. The van der Waals surface area contributed by atoms with E-state index in [1.54, 1.807) is 0 Å². The number of carbonyl (C=O) groups excluding carboxylic acids is 1. The molecule has 0 aliphatic carbocycles. The summed E-state index contributed by atoms with van der Waals surface area (Å²) >= 11 is 0. The van der Waals surface area contributed by atoms with Crippen LogP contribution in [0.1, 0.15) is 29.6 Å². The summed E-state index contributed by atoms with van der Waals surface area (Å²) in [5.74, 6) is -0.0281. The van der Waals surface area contributed by atoms with Crippen LogP contribution in [0.4, 0.5) is 0 Å². The molecule has 0 radical (unpaired) electrons. The van der Waals surface area contributed by atoms with E-state index in [0.29, 0.717) is 17.8 Å². The van der Waals surface area contributed by atoms with Crippen LogP contribution >= 0.6 is 0 Å². The van der Waals surface area contributed by atoms with E-state index in [0.717, 1.165) is 13.0 Å². The molecule has 1 unspecified atom stereocenters. The lowest BCUT2D eigenvalue weighted by Crippen LogP contribution is -2.48. The van der Waals surface area contributed by atoms with Crippen molar-refractivity contribution in [2.75, 3.05) is 13.1 Å². The lowest BCUT2D eigenvalue weighted by atomic mass is 10.0. The summed E-state index contributed by atoms with van der Waals surface area (Å²) in [5.41, 5.74) is 1.19. The molecule has 1 aromatic carbocycles. The molecule has 1 aromatic rings. The molecule has 2 heterocycles. The molecular formula is C14H16N2O2. The monoisotopic (exact) mass is 244 g/mol. The zero-order valence-corrected chi connectivity index (χ0v) is 10.2. The minimum Gasteiger partial charge on any atom is -0.376 e. The highest BCUT2D eigenvalue weighted by molar-refractivity contribution is 6.46. The predicted molar refractivity (Wildman–Crippen MR) is 68.5 cm³/mol. The van der Waals surface area contributed by atoms with Gasteiger partial charge >= 0.3 is 0 Å². The maximum atomic E-state index is 12.2. The number of oxime groups is 1. The lowest BCUT2D eigenvalue weighted by Gasteiger charge is -2.36. The molecule has 3 rings (SSSR count). The van der Waals surface area contributed by atoms with Crippen molar-refractivity contribution in [3.63, 3.8) is 0 Å². The van der Waals surface area contributed by atoms with Crippen molar-refractivity contribution in [3.8, 4) is 0 Å². The maximum Gasteiger partial charge on any atom is 0.211 e. The smallest absolute Gasteiger partial charge is 0.211 e. The fourth-order valence-electron chi connectivity index (χ4n) is 2.48. The molecule has 1 atom stereocenters. The highest BCUT2D eigenvalue weighted by Crippen LogP contribution is 2.21. The minimum absolute atomic E-state index is 0.0281. The number of hydrogen-bond acceptors (Lipinski definition) is 4. The third-order valence-corrected chi connectivity index (χ3v) is 3.49. The number of nitrogens with zero attached hydrogens (tertiary/aromatic N) is 2. The summed E-state index contributed by atoms with van der Waals surface area (Å²) in [5, 5.41) is 4.02. The van der Waals surface area contributed by atoms with E-state index in [-0.39, 0.29) is 12.0 Å². The maximum absolute atomic E-state index is 12.2. The number of benzene rings is 1. The van der Waals surface area contributed by atoms with E-state index in [1.165, 1.54) is 12.8 Å². The molecular weight excluding hydrogens is 228 g/mol. The van der Waals surface area contributed by atoms with Crippen LogP contribution in [0.5, 0.6) is 0 Å². The number of piperidine rings is 1. The van der Waals surface area contributed by atoms with Gasteiger partial charge in [-0.25, -0.2) is 0 Å². The Morgan fingerprint density at radius 1 is 1.28 bits per heavy atom. The van der Waals surface area contributed by atoms with Crippen LogP contribution in [0.3, 0.4) is 0 Å². The quantitative estimate of drug-likeness (QED) is 0.748. The molecule has 4 nitrogen and oxygen atoms in total. The van der Waals surface area contributed by atoms with Crippen molar-refractivity contribution in [3.05, 3.63) is 35.9 Å². The molecule has 18 heavy (non-hydrogen) atoms. The summed E-state index contributed by atoms with van der Waals surface area (Å²) in [6.07, 6.45) is 3.44. The van der Waals surface area contributed by atoms with Crippen molar-refractivity contribution in [1.82, 2.24) is 4.90 Å². The standard InChI is InChI=1S/C14H16N2O2/c17-14(11-6-2-1-3-7-11)12-10-16-9-5-4-8-13(16)18-15-12/h1-3,6-7,13H,4-5,8-10H2. The number of carbonyl (C=O) groups is 1. The van der Waals surface area contributed by atoms with Gasteiger partial charge in [0.1, 0.15) is 5.71 Å². The molecule has 0 bridgehead atoms. The SMILES string of the molecule is O=C(C1=NOC2CCCCN2C1)c1ccccc1. The summed E-state index contributed by atoms with van der Waals surface area (Å²) < 4.78 is 0. The van der Waals surface area contributed by atoms with Gasteiger partial charge in [0.15, 0.2) is 6.23 Å². The van der Waals surface area contributed by atoms with Crippen LogP contribution in [0.15, 0.2) is 35.5 Å². The highest BCUT2D eigenvalue weighted by atomic mass is 16.7.